The van der Waals surface area contributed by atoms with Crippen molar-refractivity contribution in [3.8, 4) is 5.75 Å². The van der Waals surface area contributed by atoms with Gasteiger partial charge in [0.2, 0.25) is 0 Å². The number of hydrogen-bond donors (Lipinski definition) is 2. The van der Waals surface area contributed by atoms with Crippen molar-refractivity contribution in [2.24, 2.45) is 17.3 Å². The van der Waals surface area contributed by atoms with Crippen molar-refractivity contribution in [3.63, 3.8) is 0 Å². The van der Waals surface area contributed by atoms with Crippen molar-refractivity contribution < 1.29 is 14.9 Å². The quantitative estimate of drug-likeness (QED) is 0.808. The summed E-state index contributed by atoms with van der Waals surface area (Å²) < 4.78 is 6.05. The molecule has 0 saturated heterocycles. The molecule has 0 radical (unpaired) electrons. The zero-order valence-corrected chi connectivity index (χ0v) is 16.0. The van der Waals surface area contributed by atoms with Gasteiger partial charge in [0.25, 0.3) is 0 Å². The average Bonchev–Trinajstić information content (AvgIpc) is 2.76. The summed E-state index contributed by atoms with van der Waals surface area (Å²) in [7, 11) is 0. The first-order valence-electron chi connectivity index (χ1n) is 9.87. The third-order valence-electron chi connectivity index (χ3n) is 7.10. The van der Waals surface area contributed by atoms with Crippen LogP contribution in [0.4, 0.5) is 0 Å². The molecule has 0 spiro atoms. The lowest BCUT2D eigenvalue weighted by molar-refractivity contribution is -0.0505. The van der Waals surface area contributed by atoms with Crippen molar-refractivity contribution in [2.45, 2.75) is 83.5 Å². The molecule has 0 unspecified atom stereocenters. The van der Waals surface area contributed by atoms with E-state index in [9.17, 15) is 10.2 Å². The lowest BCUT2D eigenvalue weighted by Crippen LogP contribution is -2.44. The molecule has 2 saturated carbocycles. The molecule has 3 aliphatic carbocycles. The normalized spacial score (nSPS) is 40.2. The predicted molar refractivity (Wildman–Crippen MR) is 98.8 cm³/mol. The van der Waals surface area contributed by atoms with Crippen molar-refractivity contribution in [1.82, 2.24) is 0 Å². The van der Waals surface area contributed by atoms with Crippen molar-refractivity contribution >= 4 is 0 Å². The molecular weight excluding hydrogens is 312 g/mol. The maximum Gasteiger partial charge on any atom is 0.120 e. The predicted octanol–water partition coefficient (Wildman–Crippen LogP) is 4.05. The number of hydrogen-bond acceptors (Lipinski definition) is 3. The molecule has 0 amide bonds. The molecule has 3 heteroatoms. The van der Waals surface area contributed by atoms with E-state index in [0.717, 1.165) is 37.9 Å². The third kappa shape index (κ3) is 2.80. The number of aliphatic hydroxyl groups is 2. The van der Waals surface area contributed by atoms with E-state index in [1.54, 1.807) is 0 Å². The molecule has 3 nitrogen and oxygen atoms in total. The fraction of sp³-hybridized carbons (Fsp3) is 0.727. The molecule has 1 aromatic carbocycles. The molecular formula is C22H32O3. The second-order valence-corrected chi connectivity index (χ2v) is 9.78. The number of aryl methyl sites for hydroxylation is 1. The molecule has 3 aliphatic rings. The van der Waals surface area contributed by atoms with Crippen molar-refractivity contribution in [2.75, 3.05) is 0 Å². The standard InChI is InChI=1S/C22H32O3/c1-21(2,3)25-14-6-8-15-13(11-14)5-7-17-16(15)9-10-22(4)18(17)12-19(23)20(22)24/h6,8,11,16-20,23-24H,5,7,9-10,12H2,1-4H3/t16-,17-,18+,19-,20+,22+/m1/s1. The highest BCUT2D eigenvalue weighted by Gasteiger charge is 2.57. The van der Waals surface area contributed by atoms with Gasteiger partial charge in [-0.3, -0.25) is 0 Å². The highest BCUT2D eigenvalue weighted by atomic mass is 16.5. The average molecular weight is 344 g/mol. The molecule has 0 bridgehead atoms. The molecule has 25 heavy (non-hydrogen) atoms. The second-order valence-electron chi connectivity index (χ2n) is 9.78. The van der Waals surface area contributed by atoms with Crippen LogP contribution in [0.15, 0.2) is 18.2 Å². The van der Waals surface area contributed by atoms with E-state index in [2.05, 4.69) is 45.9 Å². The van der Waals surface area contributed by atoms with Gasteiger partial charge in [-0.15, -0.1) is 0 Å². The highest BCUT2D eigenvalue weighted by molar-refractivity contribution is 5.41. The van der Waals surface area contributed by atoms with E-state index in [-0.39, 0.29) is 11.0 Å². The Morgan fingerprint density at radius 2 is 1.92 bits per heavy atom. The van der Waals surface area contributed by atoms with Crippen molar-refractivity contribution in [3.05, 3.63) is 29.3 Å². The Labute approximate surface area is 151 Å². The Morgan fingerprint density at radius 3 is 2.64 bits per heavy atom. The molecule has 0 heterocycles. The lowest BCUT2D eigenvalue weighted by atomic mass is 9.55. The minimum atomic E-state index is -0.553. The fourth-order valence-electron chi connectivity index (χ4n) is 5.96. The second kappa shape index (κ2) is 5.72. The zero-order chi connectivity index (χ0) is 18.0. The Bertz CT molecular complexity index is 662. The highest BCUT2D eigenvalue weighted by Crippen LogP contribution is 2.60. The number of aliphatic hydroxyl groups excluding tert-OH is 2. The van der Waals surface area contributed by atoms with Gasteiger partial charge in [0.15, 0.2) is 0 Å². The van der Waals surface area contributed by atoms with Crippen LogP contribution in [0.3, 0.4) is 0 Å². The summed E-state index contributed by atoms with van der Waals surface area (Å²) in [5.41, 5.74) is 2.64. The monoisotopic (exact) mass is 344 g/mol. The summed E-state index contributed by atoms with van der Waals surface area (Å²) in [5, 5.41) is 20.8. The van der Waals surface area contributed by atoms with Crippen molar-refractivity contribution in [1.29, 1.82) is 0 Å². The van der Waals surface area contributed by atoms with Gasteiger partial charge in [0.05, 0.1) is 12.2 Å². The summed E-state index contributed by atoms with van der Waals surface area (Å²) in [6.45, 7) is 8.45. The van der Waals surface area contributed by atoms with E-state index in [0.29, 0.717) is 17.8 Å². The van der Waals surface area contributed by atoms with E-state index in [4.69, 9.17) is 4.74 Å². The number of fused-ring (bicyclic) bond motifs is 5. The van der Waals surface area contributed by atoms with E-state index < -0.39 is 12.2 Å². The third-order valence-corrected chi connectivity index (χ3v) is 7.10. The van der Waals surface area contributed by atoms with E-state index >= 15 is 0 Å². The molecule has 4 rings (SSSR count). The van der Waals surface area contributed by atoms with Crippen LogP contribution in [0.2, 0.25) is 0 Å². The van der Waals surface area contributed by atoms with Gasteiger partial charge in [-0.05, 0) is 99.3 Å². The van der Waals surface area contributed by atoms with Gasteiger partial charge in [-0.1, -0.05) is 13.0 Å². The van der Waals surface area contributed by atoms with Crippen LogP contribution in [-0.4, -0.2) is 28.0 Å². The van der Waals surface area contributed by atoms with Crippen LogP contribution in [0.5, 0.6) is 5.75 Å². The summed E-state index contributed by atoms with van der Waals surface area (Å²) in [6.07, 6.45) is 4.04. The van der Waals surface area contributed by atoms with Gasteiger partial charge in [-0.25, -0.2) is 0 Å². The Morgan fingerprint density at radius 1 is 1.16 bits per heavy atom. The molecule has 0 aromatic heterocycles. The molecule has 2 N–H and O–H groups in total. The molecule has 1 aromatic rings. The molecule has 0 aliphatic heterocycles. The van der Waals surface area contributed by atoms with Gasteiger partial charge in [0, 0.05) is 0 Å². The van der Waals surface area contributed by atoms with Crippen LogP contribution in [0, 0.1) is 17.3 Å². The van der Waals surface area contributed by atoms with Gasteiger partial charge in [0.1, 0.15) is 11.4 Å². The topological polar surface area (TPSA) is 49.7 Å². The van der Waals surface area contributed by atoms with E-state index in [1.807, 2.05) is 0 Å². The van der Waals surface area contributed by atoms with Crippen LogP contribution in [0.1, 0.15) is 70.4 Å². The molecule has 138 valence electrons. The minimum absolute atomic E-state index is 0.104. The summed E-state index contributed by atoms with van der Waals surface area (Å²) >= 11 is 0. The van der Waals surface area contributed by atoms with Crippen LogP contribution < -0.4 is 4.74 Å². The smallest absolute Gasteiger partial charge is 0.120 e. The first kappa shape index (κ1) is 17.4. The van der Waals surface area contributed by atoms with Gasteiger partial charge < -0.3 is 14.9 Å². The molecule has 2 fully saturated rings. The minimum Gasteiger partial charge on any atom is -0.488 e. The number of benzene rings is 1. The number of rotatable bonds is 1. The van der Waals surface area contributed by atoms with Crippen LogP contribution >= 0.6 is 0 Å². The van der Waals surface area contributed by atoms with E-state index in [1.165, 1.54) is 11.1 Å². The Balaban J connectivity index is 1.62. The Kier molecular flexibility index (Phi) is 3.97. The first-order valence-corrected chi connectivity index (χ1v) is 9.87. The largest absolute Gasteiger partial charge is 0.488 e. The maximum absolute atomic E-state index is 10.5. The zero-order valence-electron chi connectivity index (χ0n) is 16.0. The maximum atomic E-state index is 10.5. The number of ether oxygens (including phenoxy) is 1. The van der Waals surface area contributed by atoms with Gasteiger partial charge in [-0.2, -0.15) is 0 Å². The summed E-state index contributed by atoms with van der Waals surface area (Å²) in [4.78, 5) is 0. The first-order chi connectivity index (χ1) is 11.7. The summed E-state index contributed by atoms with van der Waals surface area (Å²) in [5.74, 6) is 2.57. The fourth-order valence-corrected chi connectivity index (χ4v) is 5.96. The van der Waals surface area contributed by atoms with Gasteiger partial charge >= 0.3 is 0 Å². The Hall–Kier alpha value is -1.06. The summed E-state index contributed by atoms with van der Waals surface area (Å²) in [6, 6.07) is 6.64. The van der Waals surface area contributed by atoms with Crippen LogP contribution in [-0.2, 0) is 6.42 Å². The molecule has 6 atom stereocenters. The SMILES string of the molecule is CC(C)(C)Oc1ccc2c(c1)CC[C@@H]1[C@@H]2CC[C@]2(C)[C@@H](O)[C@H](O)C[C@@H]12. The van der Waals surface area contributed by atoms with Crippen LogP contribution in [0.25, 0.3) is 0 Å². The lowest BCUT2D eigenvalue weighted by Gasteiger charge is -2.49.